The van der Waals surface area contributed by atoms with E-state index in [1.54, 1.807) is 9.80 Å². The zero-order valence-corrected chi connectivity index (χ0v) is 16.2. The number of aryl methyl sites for hydroxylation is 1. The van der Waals surface area contributed by atoms with Gasteiger partial charge in [0.15, 0.2) is 9.84 Å². The summed E-state index contributed by atoms with van der Waals surface area (Å²) in [6.07, 6.45) is 0.705. The van der Waals surface area contributed by atoms with E-state index >= 15 is 0 Å². The Balaban J connectivity index is 1.67. The average molecular weight is 378 g/mol. The molecule has 0 radical (unpaired) electrons. The summed E-state index contributed by atoms with van der Waals surface area (Å²) in [7, 11) is -3.05. The lowest BCUT2D eigenvalue weighted by molar-refractivity contribution is -0.137. The Kier molecular flexibility index (Phi) is 5.37. The monoisotopic (exact) mass is 378 g/mol. The normalized spacial score (nSPS) is 24.8. The first-order valence-electron chi connectivity index (χ1n) is 9.14. The summed E-state index contributed by atoms with van der Waals surface area (Å²) in [5.74, 6) is -0.295. The Labute approximate surface area is 155 Å². The molecule has 7 heteroatoms. The molecule has 0 aromatic heterocycles. The number of benzene rings is 1. The molecule has 6 nitrogen and oxygen atoms in total. The van der Waals surface area contributed by atoms with Crippen molar-refractivity contribution in [3.63, 3.8) is 0 Å². The van der Waals surface area contributed by atoms with Gasteiger partial charge in [0.25, 0.3) is 0 Å². The molecule has 2 aliphatic rings. The molecule has 26 heavy (non-hydrogen) atoms. The smallest absolute Gasteiger partial charge is 0.228 e. The van der Waals surface area contributed by atoms with Crippen LogP contribution in [0.15, 0.2) is 24.3 Å². The predicted octanol–water partition coefficient (Wildman–Crippen LogP) is 1.38. The van der Waals surface area contributed by atoms with Gasteiger partial charge in [-0.2, -0.15) is 0 Å². The fourth-order valence-corrected chi connectivity index (χ4v) is 5.66. The van der Waals surface area contributed by atoms with Crippen LogP contribution in [0.3, 0.4) is 0 Å². The molecule has 2 amide bonds. The first-order valence-corrected chi connectivity index (χ1v) is 11.0. The highest BCUT2D eigenvalue weighted by atomic mass is 32.2. The molecule has 142 valence electrons. The minimum absolute atomic E-state index is 0.0123. The molecule has 0 saturated carbocycles. The fraction of sp³-hybridized carbons (Fsp3) is 0.579. The van der Waals surface area contributed by atoms with E-state index in [4.69, 9.17) is 0 Å². The van der Waals surface area contributed by atoms with Crippen LogP contribution < -0.4 is 0 Å². The molecule has 0 spiro atoms. The summed E-state index contributed by atoms with van der Waals surface area (Å²) in [6, 6.07) is 7.67. The second-order valence-electron chi connectivity index (χ2n) is 7.28. The number of carbonyl (C=O) groups excluding carboxylic acids is 2. The molecule has 3 rings (SSSR count). The average Bonchev–Trinajstić information content (AvgIpc) is 3.13. The van der Waals surface area contributed by atoms with Crippen molar-refractivity contribution in [1.29, 1.82) is 0 Å². The van der Waals surface area contributed by atoms with Crippen molar-refractivity contribution >= 4 is 21.7 Å². The minimum Gasteiger partial charge on any atom is -0.339 e. The molecular weight excluding hydrogens is 352 g/mol. The quantitative estimate of drug-likeness (QED) is 0.776. The number of hydrogen-bond acceptors (Lipinski definition) is 4. The molecule has 2 unspecified atom stereocenters. The topological polar surface area (TPSA) is 74.8 Å². The van der Waals surface area contributed by atoms with Crippen LogP contribution in [0, 0.1) is 12.8 Å². The number of nitrogens with zero attached hydrogens (tertiary/aromatic N) is 2. The van der Waals surface area contributed by atoms with E-state index < -0.39 is 9.84 Å². The first-order chi connectivity index (χ1) is 12.3. The molecule has 0 aliphatic carbocycles. The lowest BCUT2D eigenvalue weighted by atomic mass is 10.1. The molecule has 2 saturated heterocycles. The predicted molar refractivity (Wildman–Crippen MR) is 99.1 cm³/mol. The number of hydrogen-bond donors (Lipinski definition) is 0. The van der Waals surface area contributed by atoms with Crippen LogP contribution in [0.5, 0.6) is 0 Å². The first kappa shape index (κ1) is 18.9. The van der Waals surface area contributed by atoms with Gasteiger partial charge in [-0.3, -0.25) is 9.59 Å². The second-order valence-corrected chi connectivity index (χ2v) is 9.51. The molecule has 0 bridgehead atoms. The van der Waals surface area contributed by atoms with Crippen molar-refractivity contribution < 1.29 is 18.0 Å². The molecule has 1 aromatic rings. The van der Waals surface area contributed by atoms with Gasteiger partial charge in [0, 0.05) is 32.1 Å². The third-order valence-corrected chi connectivity index (χ3v) is 7.21. The van der Waals surface area contributed by atoms with E-state index in [1.807, 2.05) is 38.1 Å². The maximum atomic E-state index is 12.9. The van der Waals surface area contributed by atoms with E-state index in [0.717, 1.165) is 11.1 Å². The molecular formula is C19H26N2O4S. The van der Waals surface area contributed by atoms with Crippen LogP contribution >= 0.6 is 0 Å². The maximum Gasteiger partial charge on any atom is 0.228 e. The second kappa shape index (κ2) is 7.39. The zero-order chi connectivity index (χ0) is 18.9. The van der Waals surface area contributed by atoms with Gasteiger partial charge in [-0.1, -0.05) is 24.3 Å². The van der Waals surface area contributed by atoms with Gasteiger partial charge in [0.1, 0.15) is 0 Å². The van der Waals surface area contributed by atoms with Crippen LogP contribution in [-0.2, 0) is 26.0 Å². The highest BCUT2D eigenvalue weighted by Crippen LogP contribution is 2.26. The third kappa shape index (κ3) is 3.92. The highest BCUT2D eigenvalue weighted by Gasteiger charge is 2.40. The van der Waals surface area contributed by atoms with Gasteiger partial charge in [-0.05, 0) is 31.4 Å². The van der Waals surface area contributed by atoms with Gasteiger partial charge in [0.2, 0.25) is 11.8 Å². The number of amides is 2. The van der Waals surface area contributed by atoms with Gasteiger partial charge in [-0.15, -0.1) is 0 Å². The van der Waals surface area contributed by atoms with Crippen LogP contribution in [-0.4, -0.2) is 60.7 Å². The molecule has 2 aliphatic heterocycles. The molecule has 1 aromatic carbocycles. The number of likely N-dealkylation sites (tertiary alicyclic amines) is 1. The van der Waals surface area contributed by atoms with Crippen molar-refractivity contribution in [3.05, 3.63) is 35.4 Å². The number of carbonyl (C=O) groups is 2. The summed E-state index contributed by atoms with van der Waals surface area (Å²) >= 11 is 0. The van der Waals surface area contributed by atoms with Crippen LogP contribution in [0.25, 0.3) is 0 Å². The third-order valence-electron chi connectivity index (χ3n) is 5.46. The zero-order valence-electron chi connectivity index (χ0n) is 15.3. The molecule has 2 fully saturated rings. The van der Waals surface area contributed by atoms with E-state index in [1.165, 1.54) is 0 Å². The van der Waals surface area contributed by atoms with Gasteiger partial charge in [-0.25, -0.2) is 8.42 Å². The van der Waals surface area contributed by atoms with Crippen molar-refractivity contribution in [1.82, 2.24) is 9.80 Å². The van der Waals surface area contributed by atoms with E-state index in [-0.39, 0.29) is 41.7 Å². The largest absolute Gasteiger partial charge is 0.339 e. The standard InChI is InChI=1S/C19H26N2O4S/c1-3-21(17-8-9-26(24,25)13-17)19(23)16-10-18(22)20(12-16)11-15-7-5-4-6-14(15)2/h4-7,16-17H,3,8-13H2,1-2H3. The lowest BCUT2D eigenvalue weighted by Crippen LogP contribution is -2.44. The van der Waals surface area contributed by atoms with Crippen LogP contribution in [0.2, 0.25) is 0 Å². The summed E-state index contributed by atoms with van der Waals surface area (Å²) in [5, 5.41) is 0. The highest BCUT2D eigenvalue weighted by molar-refractivity contribution is 7.91. The maximum absolute atomic E-state index is 12.9. The Morgan fingerprint density at radius 1 is 1.31 bits per heavy atom. The minimum atomic E-state index is -3.05. The van der Waals surface area contributed by atoms with Crippen molar-refractivity contribution in [2.45, 2.75) is 39.3 Å². The Hall–Kier alpha value is -1.89. The molecule has 2 heterocycles. The van der Waals surface area contributed by atoms with E-state index in [2.05, 4.69) is 0 Å². The Morgan fingerprint density at radius 2 is 2.04 bits per heavy atom. The summed E-state index contributed by atoms with van der Waals surface area (Å²) in [5.41, 5.74) is 2.21. The van der Waals surface area contributed by atoms with E-state index in [9.17, 15) is 18.0 Å². The van der Waals surface area contributed by atoms with Gasteiger partial charge < -0.3 is 9.80 Å². The Morgan fingerprint density at radius 3 is 2.65 bits per heavy atom. The van der Waals surface area contributed by atoms with Crippen LogP contribution in [0.1, 0.15) is 30.9 Å². The van der Waals surface area contributed by atoms with Crippen molar-refractivity contribution in [2.75, 3.05) is 24.6 Å². The molecule has 2 atom stereocenters. The summed E-state index contributed by atoms with van der Waals surface area (Å²) in [4.78, 5) is 28.7. The Bertz CT molecular complexity index is 806. The van der Waals surface area contributed by atoms with Gasteiger partial charge >= 0.3 is 0 Å². The fourth-order valence-electron chi connectivity index (χ4n) is 3.93. The number of rotatable bonds is 5. The summed E-state index contributed by atoms with van der Waals surface area (Å²) in [6.45, 7) is 5.27. The van der Waals surface area contributed by atoms with E-state index in [0.29, 0.717) is 26.1 Å². The molecule has 0 N–H and O–H groups in total. The van der Waals surface area contributed by atoms with Crippen LogP contribution in [0.4, 0.5) is 0 Å². The van der Waals surface area contributed by atoms with Crippen molar-refractivity contribution in [2.24, 2.45) is 5.92 Å². The SMILES string of the molecule is CCN(C(=O)C1CC(=O)N(Cc2ccccc2C)C1)C1CCS(=O)(=O)C1. The number of sulfone groups is 1. The summed E-state index contributed by atoms with van der Waals surface area (Å²) < 4.78 is 23.5. The lowest BCUT2D eigenvalue weighted by Gasteiger charge is -2.29. The van der Waals surface area contributed by atoms with Gasteiger partial charge in [0.05, 0.1) is 17.4 Å². The van der Waals surface area contributed by atoms with Crippen molar-refractivity contribution in [3.8, 4) is 0 Å².